The Morgan fingerprint density at radius 2 is 1.63 bits per heavy atom. The quantitative estimate of drug-likeness (QED) is 0.174. The van der Waals surface area contributed by atoms with Crippen LogP contribution in [0.2, 0.25) is 0 Å². The lowest BCUT2D eigenvalue weighted by atomic mass is 10.0. The van der Waals surface area contributed by atoms with Crippen LogP contribution in [0.5, 0.6) is 5.75 Å². The van der Waals surface area contributed by atoms with Crippen LogP contribution >= 0.6 is 0 Å². The standard InChI is InChI=1S/C30H36N4O7/c1-2-15-31-28(37)22-7-6-8-24(17-22)33-29(38)32-23-13-11-21(12-14-23)16-25(19-35)34(30(39)40)18-26(36)20-41-27-9-4-3-5-10-27/h3-14,17,25-26,35-36H,2,15-16,18-20H2,1H3,(H,31,37)(H,39,40)(H2,32,33,38)/t25-,26-/m0/s1. The Hall–Kier alpha value is -4.61. The Balaban J connectivity index is 1.54. The highest BCUT2D eigenvalue weighted by molar-refractivity contribution is 6.01. The van der Waals surface area contributed by atoms with Crippen molar-refractivity contribution in [3.05, 3.63) is 90.0 Å². The molecule has 0 bridgehead atoms. The van der Waals surface area contributed by atoms with E-state index in [4.69, 9.17) is 4.74 Å². The Labute approximate surface area is 238 Å². The first kappa shape index (κ1) is 30.9. The van der Waals surface area contributed by atoms with Gasteiger partial charge in [0, 0.05) is 23.5 Å². The van der Waals surface area contributed by atoms with Crippen LogP contribution in [0.3, 0.4) is 0 Å². The Kier molecular flexibility index (Phi) is 12.0. The number of anilines is 2. The number of aliphatic hydroxyl groups excluding tert-OH is 2. The van der Waals surface area contributed by atoms with Crippen molar-refractivity contribution in [1.29, 1.82) is 0 Å². The first-order chi connectivity index (χ1) is 19.8. The van der Waals surface area contributed by atoms with Crippen molar-refractivity contribution in [3.63, 3.8) is 0 Å². The summed E-state index contributed by atoms with van der Waals surface area (Å²) in [6, 6.07) is 20.9. The average molecular weight is 565 g/mol. The molecule has 11 nitrogen and oxygen atoms in total. The molecular formula is C30H36N4O7. The van der Waals surface area contributed by atoms with Crippen LogP contribution in [0.25, 0.3) is 0 Å². The number of para-hydroxylation sites is 1. The fourth-order valence-corrected chi connectivity index (χ4v) is 4.01. The van der Waals surface area contributed by atoms with E-state index in [9.17, 15) is 29.7 Å². The van der Waals surface area contributed by atoms with Crippen molar-refractivity contribution in [2.45, 2.75) is 31.9 Å². The molecule has 0 unspecified atom stereocenters. The van der Waals surface area contributed by atoms with Crippen LogP contribution in [-0.4, -0.2) is 76.7 Å². The van der Waals surface area contributed by atoms with Crippen molar-refractivity contribution in [1.82, 2.24) is 10.2 Å². The van der Waals surface area contributed by atoms with Gasteiger partial charge >= 0.3 is 12.1 Å². The molecule has 0 saturated heterocycles. The molecule has 3 aromatic rings. The average Bonchev–Trinajstić information content (AvgIpc) is 2.98. The molecular weight excluding hydrogens is 528 g/mol. The number of amides is 4. The number of hydrogen-bond acceptors (Lipinski definition) is 6. The number of carboxylic acid groups (broad SMARTS) is 1. The number of rotatable bonds is 14. The van der Waals surface area contributed by atoms with Crippen molar-refractivity contribution >= 4 is 29.4 Å². The van der Waals surface area contributed by atoms with Gasteiger partial charge in [0.05, 0.1) is 19.2 Å². The molecule has 0 saturated carbocycles. The van der Waals surface area contributed by atoms with Gasteiger partial charge < -0.3 is 40.9 Å². The molecule has 3 aromatic carbocycles. The number of carbonyl (C=O) groups is 3. The molecule has 6 N–H and O–H groups in total. The van der Waals surface area contributed by atoms with Crippen molar-refractivity contribution < 1.29 is 34.4 Å². The number of urea groups is 1. The third-order valence-electron chi connectivity index (χ3n) is 6.09. The molecule has 0 aromatic heterocycles. The summed E-state index contributed by atoms with van der Waals surface area (Å²) in [5.41, 5.74) is 2.11. The molecule has 0 radical (unpaired) electrons. The summed E-state index contributed by atoms with van der Waals surface area (Å²) in [4.78, 5) is 37.6. The predicted molar refractivity (Wildman–Crippen MR) is 155 cm³/mol. The first-order valence-electron chi connectivity index (χ1n) is 13.3. The van der Waals surface area contributed by atoms with Gasteiger partial charge in [0.2, 0.25) is 0 Å². The van der Waals surface area contributed by atoms with E-state index in [0.717, 1.165) is 16.9 Å². The summed E-state index contributed by atoms with van der Waals surface area (Å²) in [5.74, 6) is 0.335. The van der Waals surface area contributed by atoms with E-state index < -0.39 is 30.9 Å². The second-order valence-electron chi connectivity index (χ2n) is 9.37. The van der Waals surface area contributed by atoms with Crippen LogP contribution in [0.15, 0.2) is 78.9 Å². The van der Waals surface area contributed by atoms with Crippen molar-refractivity contribution in [3.8, 4) is 5.75 Å². The zero-order valence-electron chi connectivity index (χ0n) is 22.8. The van der Waals surface area contributed by atoms with Crippen LogP contribution in [0.1, 0.15) is 29.3 Å². The summed E-state index contributed by atoms with van der Waals surface area (Å²) in [5, 5.41) is 38.2. The summed E-state index contributed by atoms with van der Waals surface area (Å²) in [7, 11) is 0. The lowest BCUT2D eigenvalue weighted by Crippen LogP contribution is -2.48. The maximum Gasteiger partial charge on any atom is 0.407 e. The molecule has 41 heavy (non-hydrogen) atoms. The summed E-state index contributed by atoms with van der Waals surface area (Å²) in [6.45, 7) is 1.73. The van der Waals surface area contributed by atoms with Gasteiger partial charge in [0.25, 0.3) is 5.91 Å². The van der Waals surface area contributed by atoms with Crippen LogP contribution < -0.4 is 20.7 Å². The van der Waals surface area contributed by atoms with Crippen molar-refractivity contribution in [2.24, 2.45) is 0 Å². The highest BCUT2D eigenvalue weighted by Crippen LogP contribution is 2.16. The third-order valence-corrected chi connectivity index (χ3v) is 6.09. The molecule has 11 heteroatoms. The zero-order chi connectivity index (χ0) is 29.6. The van der Waals surface area contributed by atoms with Crippen LogP contribution in [0.4, 0.5) is 21.0 Å². The fraction of sp³-hybridized carbons (Fsp3) is 0.300. The molecule has 0 aliphatic heterocycles. The van der Waals surface area contributed by atoms with E-state index in [-0.39, 0.29) is 25.5 Å². The number of benzene rings is 3. The lowest BCUT2D eigenvalue weighted by molar-refractivity contribution is 0.0388. The predicted octanol–water partition coefficient (Wildman–Crippen LogP) is 3.79. The summed E-state index contributed by atoms with van der Waals surface area (Å²) in [6.07, 6.45) is -1.37. The number of hydrogen-bond donors (Lipinski definition) is 6. The summed E-state index contributed by atoms with van der Waals surface area (Å²) >= 11 is 0. The van der Waals surface area contributed by atoms with Gasteiger partial charge in [-0.05, 0) is 60.9 Å². The minimum absolute atomic E-state index is 0.106. The van der Waals surface area contributed by atoms with Gasteiger partial charge in [0.1, 0.15) is 18.5 Å². The largest absolute Gasteiger partial charge is 0.491 e. The van der Waals surface area contributed by atoms with Gasteiger partial charge in [0.15, 0.2) is 0 Å². The first-order valence-corrected chi connectivity index (χ1v) is 13.3. The SMILES string of the molecule is CCCNC(=O)c1cccc(NC(=O)Nc2ccc(C[C@@H](CO)N(C[C@H](O)COc3ccccc3)C(=O)O)cc2)c1. The number of aliphatic hydroxyl groups is 2. The van der Waals surface area contributed by atoms with Gasteiger partial charge in [-0.1, -0.05) is 43.3 Å². The lowest BCUT2D eigenvalue weighted by Gasteiger charge is -2.30. The highest BCUT2D eigenvalue weighted by Gasteiger charge is 2.26. The molecule has 0 fully saturated rings. The Morgan fingerprint density at radius 1 is 0.927 bits per heavy atom. The Bertz CT molecular complexity index is 1270. The Morgan fingerprint density at radius 3 is 2.29 bits per heavy atom. The molecule has 2 atom stereocenters. The monoisotopic (exact) mass is 564 g/mol. The number of nitrogens with one attached hydrogen (secondary N) is 3. The normalized spacial score (nSPS) is 12.1. The van der Waals surface area contributed by atoms with E-state index in [1.807, 2.05) is 13.0 Å². The van der Waals surface area contributed by atoms with E-state index in [2.05, 4.69) is 16.0 Å². The van der Waals surface area contributed by atoms with Crippen LogP contribution in [-0.2, 0) is 6.42 Å². The van der Waals surface area contributed by atoms with Crippen molar-refractivity contribution in [2.75, 3.05) is 36.9 Å². The second-order valence-corrected chi connectivity index (χ2v) is 9.37. The number of carbonyl (C=O) groups excluding carboxylic acids is 2. The molecule has 0 aliphatic rings. The van der Waals surface area contributed by atoms with E-state index in [0.29, 0.717) is 29.2 Å². The minimum Gasteiger partial charge on any atom is -0.491 e. The minimum atomic E-state index is -1.27. The molecule has 0 aliphatic carbocycles. The number of nitrogens with zero attached hydrogens (tertiary/aromatic N) is 1. The molecule has 4 amide bonds. The van der Waals surface area contributed by atoms with E-state index in [1.165, 1.54) is 0 Å². The molecule has 0 heterocycles. The third kappa shape index (κ3) is 10.1. The molecule has 3 rings (SSSR count). The maximum absolute atomic E-state index is 12.5. The fourth-order valence-electron chi connectivity index (χ4n) is 4.01. The van der Waals surface area contributed by atoms with Gasteiger partial charge in [-0.2, -0.15) is 0 Å². The summed E-state index contributed by atoms with van der Waals surface area (Å²) < 4.78 is 5.50. The maximum atomic E-state index is 12.5. The van der Waals surface area contributed by atoms with Gasteiger partial charge in [-0.15, -0.1) is 0 Å². The number of ether oxygens (including phenoxy) is 1. The zero-order valence-corrected chi connectivity index (χ0v) is 22.8. The van der Waals surface area contributed by atoms with E-state index >= 15 is 0 Å². The van der Waals surface area contributed by atoms with Gasteiger partial charge in [-0.3, -0.25) is 4.79 Å². The van der Waals surface area contributed by atoms with Crippen LogP contribution in [0, 0.1) is 0 Å². The molecule has 0 spiro atoms. The second kappa shape index (κ2) is 15.8. The van der Waals surface area contributed by atoms with Gasteiger partial charge in [-0.25, -0.2) is 9.59 Å². The smallest absolute Gasteiger partial charge is 0.407 e. The van der Waals surface area contributed by atoms with E-state index in [1.54, 1.807) is 72.8 Å². The highest BCUT2D eigenvalue weighted by atomic mass is 16.5. The topological polar surface area (TPSA) is 160 Å². The molecule has 218 valence electrons.